The number of carbonyl (C=O) groups excluding carboxylic acids is 16. The number of aromatic nitrogens is 4. The van der Waals surface area contributed by atoms with E-state index in [4.69, 9.17) is 16.9 Å². The monoisotopic (exact) mass is 1890 g/mol. The molecule has 2 aliphatic rings. The lowest BCUT2D eigenvalue weighted by atomic mass is 9.96. The minimum absolute atomic E-state index is 0.0125. The van der Waals surface area contributed by atoms with Crippen LogP contribution in [0.4, 0.5) is 0 Å². The predicted molar refractivity (Wildman–Crippen MR) is 490 cm³/mol. The number of nitrogens with zero attached hydrogens (tertiary/aromatic N) is 3. The van der Waals surface area contributed by atoms with Crippen molar-refractivity contribution >= 4 is 128 Å². The Bertz CT molecular complexity index is 4820. The first-order valence-corrected chi connectivity index (χ1v) is 46.5. The number of aliphatic carboxylic acids is 1. The predicted octanol–water partition coefficient (Wildman–Crippen LogP) is -1.71. The molecule has 5 aromatic rings. The van der Waals surface area contributed by atoms with Gasteiger partial charge in [0.05, 0.1) is 30.5 Å². The third-order valence-electron chi connectivity index (χ3n) is 22.4. The number of carboxylic acid groups (broad SMARTS) is 1. The van der Waals surface area contributed by atoms with Gasteiger partial charge in [-0.2, -0.15) is 0 Å². The van der Waals surface area contributed by atoms with E-state index in [2.05, 4.69) is 99.7 Å². The maximum atomic E-state index is 15.8. The number of hydrogen-bond donors (Lipinski definition) is 23. The fourth-order valence-corrected chi connectivity index (χ4v) is 17.0. The molecule has 0 unspecified atom stereocenters. The summed E-state index contributed by atoms with van der Waals surface area (Å²) in [7, 11) is 1.57. The van der Waals surface area contributed by atoms with Gasteiger partial charge >= 0.3 is 5.97 Å². The zero-order valence-electron chi connectivity index (χ0n) is 75.9. The highest BCUT2D eigenvalue weighted by molar-refractivity contribution is 8.76. The second kappa shape index (κ2) is 52.6. The highest BCUT2D eigenvalue weighted by atomic mass is 33.1. The molecule has 3 aromatic carbocycles. The van der Waals surface area contributed by atoms with Gasteiger partial charge in [-0.15, -0.1) is 0 Å². The number of benzene rings is 3. The number of nitrogens with one attached hydrogen (secondary N) is 18. The lowest BCUT2D eigenvalue weighted by Crippen LogP contribution is -2.62. The number of imidazole rings is 2. The normalized spacial score (nSPS) is 21.2. The van der Waals surface area contributed by atoms with E-state index in [-0.39, 0.29) is 113 Å². The van der Waals surface area contributed by atoms with Gasteiger partial charge in [-0.05, 0) is 104 Å². The van der Waals surface area contributed by atoms with Gasteiger partial charge in [-0.3, -0.25) is 86.9 Å². The lowest BCUT2D eigenvalue weighted by Gasteiger charge is -2.32. The average Bonchev–Trinajstić information content (AvgIpc) is 1.74. The standard InChI is InChI=1S/C88H125N23O20S2/c1-11-47(7)71-85(129)99-58(20-16-30-94-88(90)91)75(119)105-65(32-45(3)4)87(131)111-31-17-21-68(111)84(128)104-63(37-55-40-93-44-96-55)79(123)106-66(82(126)101-60(33-51-18-14-13-15-19-51)76(120)97-49(9)74(118)108-70(46(5)6)73(89)117)41-132-133-42-67(83(127)102-62(36-54-39-92-43-95-54)78(122)100-61(80(124)109-71)35-53-24-28-57(114)29-25-53)107-86(130)72(48(8)12-2)110-81(125)64(38-69(115)116)103-77(121)59(98-50(10)112)34-52-22-26-56(113)27-23-52/h13-15,18-19,22-29,39-40,43-49,58-68,70-72,113-114H,11-12,16-17,20-21,30-38,41-42H2,1-10H3,(H2,89,117)(H,92,95)(H,93,96)(H,97,120)(H,98,112)(H,99,129)(H,100,122)(H,101,126)(H,102,127)(H,103,121)(H,104,128)(H,105,119)(H,106,123)(H,107,130)(H,108,118)(H,109,124)(H,110,125)(H,115,116)(H4,90,91,94)/t47-,48-,49-,58-,59-,60-,61-,62-,63-,64-,65-,66-,67-,68-,70-,71-,72-/m0/s1. The molecule has 2 aliphatic heterocycles. The molecule has 133 heavy (non-hydrogen) atoms. The Labute approximate surface area is 777 Å². The van der Waals surface area contributed by atoms with Crippen molar-refractivity contribution < 1.29 is 96.8 Å². The van der Waals surface area contributed by atoms with Crippen LogP contribution in [0.3, 0.4) is 0 Å². The Morgan fingerprint density at radius 2 is 1.07 bits per heavy atom. The molecule has 43 nitrogen and oxygen atoms in total. The van der Waals surface area contributed by atoms with E-state index in [1.165, 1.54) is 92.3 Å². The van der Waals surface area contributed by atoms with Crippen molar-refractivity contribution in [1.29, 1.82) is 5.41 Å². The molecule has 45 heteroatoms. The molecular formula is C88H125N23O20S2. The molecule has 0 saturated carbocycles. The first kappa shape index (κ1) is 107. The second-order valence-electron chi connectivity index (χ2n) is 33.8. The first-order valence-electron chi connectivity index (χ1n) is 44.0. The van der Waals surface area contributed by atoms with Crippen LogP contribution in [0.15, 0.2) is 104 Å². The van der Waals surface area contributed by atoms with Gasteiger partial charge in [-0.25, -0.2) is 9.97 Å². The summed E-state index contributed by atoms with van der Waals surface area (Å²) in [6.45, 7) is 15.8. The smallest absolute Gasteiger partial charge is 0.305 e. The van der Waals surface area contributed by atoms with Crippen molar-refractivity contribution in [1.82, 2.24) is 105 Å². The topological polar surface area (TPSA) is 668 Å². The van der Waals surface area contributed by atoms with Crippen LogP contribution in [0.2, 0.25) is 0 Å². The van der Waals surface area contributed by atoms with Gasteiger partial charge in [0, 0.05) is 76.0 Å². The summed E-state index contributed by atoms with van der Waals surface area (Å²) < 4.78 is 0. The number of guanidine groups is 1. The van der Waals surface area contributed by atoms with Crippen LogP contribution in [-0.2, 0) is 114 Å². The van der Waals surface area contributed by atoms with Crippen LogP contribution in [0.5, 0.6) is 11.5 Å². The van der Waals surface area contributed by atoms with E-state index in [1.807, 2.05) is 0 Å². The first-order chi connectivity index (χ1) is 63.1. The quantitative estimate of drug-likeness (QED) is 0.00911. The minimum atomic E-state index is -1.96. The second-order valence-corrected chi connectivity index (χ2v) is 36.4. The van der Waals surface area contributed by atoms with Crippen LogP contribution in [0, 0.1) is 29.1 Å². The lowest BCUT2D eigenvalue weighted by molar-refractivity contribution is -0.143. The van der Waals surface area contributed by atoms with Gasteiger partial charge in [-0.1, -0.05) is 144 Å². The van der Waals surface area contributed by atoms with Crippen LogP contribution < -0.4 is 91.2 Å². The third-order valence-corrected chi connectivity index (χ3v) is 24.8. The Morgan fingerprint density at radius 3 is 1.62 bits per heavy atom. The summed E-state index contributed by atoms with van der Waals surface area (Å²) >= 11 is 0. The maximum Gasteiger partial charge on any atom is 0.305 e. The molecular weight excluding hydrogens is 1760 g/mol. The fourth-order valence-electron chi connectivity index (χ4n) is 14.6. The molecule has 4 heterocycles. The number of rotatable bonds is 37. The maximum absolute atomic E-state index is 15.8. The summed E-state index contributed by atoms with van der Waals surface area (Å²) in [6.07, 6.45) is 3.12. The molecule has 0 bridgehead atoms. The van der Waals surface area contributed by atoms with Crippen molar-refractivity contribution in [2.75, 3.05) is 24.6 Å². The molecule has 0 spiro atoms. The van der Waals surface area contributed by atoms with E-state index in [0.717, 1.165) is 28.5 Å². The molecule has 7 rings (SSSR count). The molecule has 16 amide bonds. The molecule has 0 radical (unpaired) electrons. The minimum Gasteiger partial charge on any atom is -0.508 e. The number of fused-ring (bicyclic) bond motifs is 1. The molecule has 724 valence electrons. The number of aromatic amines is 2. The van der Waals surface area contributed by atoms with Gasteiger partial charge in [0.2, 0.25) is 94.5 Å². The number of carboxylic acids is 1. The number of phenolic OH excluding ortho intramolecular Hbond substituents is 2. The van der Waals surface area contributed by atoms with Gasteiger partial charge in [0.15, 0.2) is 5.96 Å². The van der Waals surface area contributed by atoms with E-state index in [1.54, 1.807) is 78.8 Å². The number of carbonyl (C=O) groups is 17. The molecule has 25 N–H and O–H groups in total. The number of amides is 16. The molecule has 0 aliphatic carbocycles. The van der Waals surface area contributed by atoms with Crippen LogP contribution in [0.1, 0.15) is 149 Å². The van der Waals surface area contributed by atoms with Crippen molar-refractivity contribution in [3.05, 3.63) is 132 Å². The highest BCUT2D eigenvalue weighted by Crippen LogP contribution is 2.27. The van der Waals surface area contributed by atoms with Gasteiger partial charge < -0.3 is 121 Å². The Balaban J connectivity index is 1.39. The number of primary amides is 1. The van der Waals surface area contributed by atoms with Gasteiger partial charge in [0.1, 0.15) is 102 Å². The molecule has 17 atom stereocenters. The van der Waals surface area contributed by atoms with Crippen molar-refractivity contribution in [3.8, 4) is 11.5 Å². The average molecular weight is 1890 g/mol. The largest absolute Gasteiger partial charge is 0.508 e. The number of phenols is 2. The Hall–Kier alpha value is -13.4. The summed E-state index contributed by atoms with van der Waals surface area (Å²) in [6, 6.07) is -4.25. The molecule has 2 fully saturated rings. The summed E-state index contributed by atoms with van der Waals surface area (Å²) in [5.74, 6) is -21.2. The van der Waals surface area contributed by atoms with Gasteiger partial charge in [0.25, 0.3) is 0 Å². The fraction of sp³-hybridized carbons (Fsp3) is 0.523. The van der Waals surface area contributed by atoms with E-state index in [0.29, 0.717) is 16.7 Å². The molecule has 2 saturated heterocycles. The van der Waals surface area contributed by atoms with Crippen LogP contribution in [-0.4, -0.2) is 262 Å². The number of aromatic hydroxyl groups is 2. The van der Waals surface area contributed by atoms with E-state index < -0.39 is 239 Å². The number of hydrogen-bond acceptors (Lipinski definition) is 24. The van der Waals surface area contributed by atoms with Crippen molar-refractivity contribution in [3.63, 3.8) is 0 Å². The van der Waals surface area contributed by atoms with Crippen molar-refractivity contribution in [2.45, 2.75) is 243 Å². The summed E-state index contributed by atoms with van der Waals surface area (Å²) in [5, 5.41) is 78.3. The summed E-state index contributed by atoms with van der Waals surface area (Å²) in [4.78, 5) is 264. The van der Waals surface area contributed by atoms with Crippen molar-refractivity contribution in [2.24, 2.45) is 35.1 Å². The highest BCUT2D eigenvalue weighted by Gasteiger charge is 2.44. The zero-order chi connectivity index (χ0) is 97.9. The van der Waals surface area contributed by atoms with E-state index in [9.17, 15) is 48.9 Å². The zero-order valence-corrected chi connectivity index (χ0v) is 77.5. The van der Waals surface area contributed by atoms with E-state index >= 15 is 47.9 Å². The summed E-state index contributed by atoms with van der Waals surface area (Å²) in [5.41, 5.74) is 12.9. The Kier molecular flexibility index (Phi) is 42.2. The van der Waals surface area contributed by atoms with Crippen LogP contribution >= 0.6 is 21.6 Å². The van der Waals surface area contributed by atoms with Crippen LogP contribution in [0.25, 0.3) is 0 Å². The molecule has 2 aromatic heterocycles. The Morgan fingerprint density at radius 1 is 0.549 bits per heavy atom. The number of nitrogens with two attached hydrogens (primary N) is 2. The SMILES string of the molecule is CC[C@H](C)[C@H](NC(=O)[C@H](CC(=O)O)NC(=O)[C@H](Cc1ccc(O)cc1)NC(C)=O)C(=O)N[C@H]1CSSC[C@@H](C(=O)N[C@@H](Cc2ccccc2)C(=O)N[C@@H](C)C(=O)N[C@H](C(N)=O)C(C)C)NC(=O)[C@H](Cc2c[nH]cn2)NC(=O)[C@@H]2CCCN2C(=O)[C@H](CC(C)C)NC(=O)[C@H](CCCNC(=N)N)NC(=O)[C@H]([C@@H](C)CC)NC(=O)[C@H](Cc2ccc(O)cc2)NC(=O)[C@H](Cc2c[nH]cn2)NC1=O. The third kappa shape index (κ3) is 34.4. The number of H-pyrrole nitrogens is 2.